The summed E-state index contributed by atoms with van der Waals surface area (Å²) in [5.74, 6) is 0.475. The first-order chi connectivity index (χ1) is 9.82. The molecule has 0 aliphatic carbocycles. The van der Waals surface area contributed by atoms with Crippen molar-refractivity contribution < 1.29 is 14.6 Å². The fraction of sp³-hybridized carbons (Fsp3) is 0.389. The Morgan fingerprint density at radius 2 is 2.05 bits per heavy atom. The zero-order valence-electron chi connectivity index (χ0n) is 13.1. The number of rotatable bonds is 4. The zero-order chi connectivity index (χ0) is 15.6. The number of ether oxygens (including phenoxy) is 1. The van der Waals surface area contributed by atoms with Gasteiger partial charge in [0.15, 0.2) is 5.78 Å². The molecular formula is C18H22O3. The van der Waals surface area contributed by atoms with E-state index in [0.717, 1.165) is 12.8 Å². The molecule has 1 aromatic rings. The van der Waals surface area contributed by atoms with Crippen LogP contribution in [0, 0.1) is 0 Å². The van der Waals surface area contributed by atoms with Gasteiger partial charge >= 0.3 is 0 Å². The maximum absolute atomic E-state index is 11.5. The Kier molecular flexibility index (Phi) is 4.21. The first-order valence-corrected chi connectivity index (χ1v) is 7.21. The molecule has 2 rings (SSSR count). The van der Waals surface area contributed by atoms with Crippen molar-refractivity contribution >= 4 is 11.9 Å². The molecule has 21 heavy (non-hydrogen) atoms. The van der Waals surface area contributed by atoms with Crippen molar-refractivity contribution in [2.75, 3.05) is 0 Å². The highest BCUT2D eigenvalue weighted by Crippen LogP contribution is 2.39. The van der Waals surface area contributed by atoms with Crippen LogP contribution in [-0.2, 0) is 0 Å². The highest BCUT2D eigenvalue weighted by molar-refractivity contribution is 5.98. The van der Waals surface area contributed by atoms with Crippen LogP contribution in [0.25, 0.3) is 6.08 Å². The van der Waals surface area contributed by atoms with Crippen molar-refractivity contribution in [3.05, 3.63) is 41.0 Å². The standard InChI is InChI=1S/C18H22O3/c1-12(2)6-5-10-18(4)11-9-15-16(21-18)8-7-14(13(3)19)17(15)20/h6-9,11,20H,5,10H2,1-4H3. The summed E-state index contributed by atoms with van der Waals surface area (Å²) < 4.78 is 6.03. The average Bonchev–Trinajstić information content (AvgIpc) is 2.37. The number of Topliss-reactive ketones (excluding diaryl/α,β-unsaturated/α-hetero) is 1. The number of hydrogen-bond donors (Lipinski definition) is 1. The molecule has 1 aliphatic heterocycles. The maximum Gasteiger partial charge on any atom is 0.163 e. The van der Waals surface area contributed by atoms with Crippen molar-refractivity contribution in [1.29, 1.82) is 0 Å². The van der Waals surface area contributed by atoms with Crippen LogP contribution in [0.2, 0.25) is 0 Å². The van der Waals surface area contributed by atoms with Gasteiger partial charge in [0.2, 0.25) is 0 Å². The third-order valence-electron chi connectivity index (χ3n) is 3.70. The van der Waals surface area contributed by atoms with Crippen LogP contribution in [-0.4, -0.2) is 16.5 Å². The lowest BCUT2D eigenvalue weighted by molar-refractivity contribution is 0.101. The number of carbonyl (C=O) groups is 1. The molecule has 112 valence electrons. The molecule has 1 atom stereocenters. The van der Waals surface area contributed by atoms with E-state index in [0.29, 0.717) is 16.9 Å². The van der Waals surface area contributed by atoms with Gasteiger partial charge in [0, 0.05) is 0 Å². The fourth-order valence-corrected chi connectivity index (χ4v) is 2.45. The summed E-state index contributed by atoms with van der Waals surface area (Å²) in [6.45, 7) is 7.63. The van der Waals surface area contributed by atoms with Crippen molar-refractivity contribution in [2.45, 2.75) is 46.1 Å². The van der Waals surface area contributed by atoms with Crippen LogP contribution in [0.4, 0.5) is 0 Å². The Hall–Kier alpha value is -2.03. The van der Waals surface area contributed by atoms with Gasteiger partial charge in [-0.25, -0.2) is 0 Å². The monoisotopic (exact) mass is 286 g/mol. The lowest BCUT2D eigenvalue weighted by Gasteiger charge is -2.32. The van der Waals surface area contributed by atoms with E-state index >= 15 is 0 Å². The summed E-state index contributed by atoms with van der Waals surface area (Å²) in [5.41, 5.74) is 1.82. The second-order valence-electron chi connectivity index (χ2n) is 6.00. The van der Waals surface area contributed by atoms with Crippen LogP contribution < -0.4 is 4.74 Å². The predicted molar refractivity (Wildman–Crippen MR) is 84.8 cm³/mol. The topological polar surface area (TPSA) is 46.5 Å². The molecule has 0 spiro atoms. The van der Waals surface area contributed by atoms with E-state index in [4.69, 9.17) is 4.74 Å². The van der Waals surface area contributed by atoms with Crippen LogP contribution in [0.3, 0.4) is 0 Å². The molecule has 3 nitrogen and oxygen atoms in total. The first kappa shape index (κ1) is 15.4. The van der Waals surface area contributed by atoms with Crippen molar-refractivity contribution in [2.24, 2.45) is 0 Å². The summed E-state index contributed by atoms with van der Waals surface area (Å²) >= 11 is 0. The number of hydrogen-bond acceptors (Lipinski definition) is 3. The minimum Gasteiger partial charge on any atom is -0.506 e. The molecule has 1 aromatic carbocycles. The predicted octanol–water partition coefficient (Wildman–Crippen LogP) is 4.51. The maximum atomic E-state index is 11.5. The summed E-state index contributed by atoms with van der Waals surface area (Å²) in [4.78, 5) is 11.5. The van der Waals surface area contributed by atoms with Gasteiger partial charge < -0.3 is 9.84 Å². The van der Waals surface area contributed by atoms with E-state index < -0.39 is 0 Å². The number of fused-ring (bicyclic) bond motifs is 1. The SMILES string of the molecule is CC(=O)c1ccc2c(c1O)C=CC(C)(CCC=C(C)C)O2. The van der Waals surface area contributed by atoms with Crippen LogP contribution >= 0.6 is 0 Å². The number of allylic oxidation sites excluding steroid dienone is 2. The number of phenolic OH excluding ortho intramolecular Hbond substituents is 1. The van der Waals surface area contributed by atoms with E-state index in [1.807, 2.05) is 19.1 Å². The van der Waals surface area contributed by atoms with Crippen LogP contribution in [0.1, 0.15) is 56.5 Å². The van der Waals surface area contributed by atoms with Gasteiger partial charge in [-0.15, -0.1) is 0 Å². The lowest BCUT2D eigenvalue weighted by Crippen LogP contribution is -2.31. The van der Waals surface area contributed by atoms with Gasteiger partial charge in [0.05, 0.1) is 11.1 Å². The van der Waals surface area contributed by atoms with Crippen LogP contribution in [0.5, 0.6) is 11.5 Å². The fourth-order valence-electron chi connectivity index (χ4n) is 2.45. The van der Waals surface area contributed by atoms with Gasteiger partial charge in [0.25, 0.3) is 0 Å². The van der Waals surface area contributed by atoms with Crippen LogP contribution in [0.15, 0.2) is 29.9 Å². The Bertz CT molecular complexity index is 622. The van der Waals surface area contributed by atoms with Crippen molar-refractivity contribution in [3.63, 3.8) is 0 Å². The average molecular weight is 286 g/mol. The molecule has 0 saturated heterocycles. The van der Waals surface area contributed by atoms with Crippen molar-refractivity contribution in [1.82, 2.24) is 0 Å². The van der Waals surface area contributed by atoms with E-state index in [1.165, 1.54) is 12.5 Å². The van der Waals surface area contributed by atoms with E-state index in [1.54, 1.807) is 12.1 Å². The minimum absolute atomic E-state index is 0.00241. The lowest BCUT2D eigenvalue weighted by atomic mass is 9.93. The Morgan fingerprint density at radius 3 is 2.67 bits per heavy atom. The summed E-state index contributed by atoms with van der Waals surface area (Å²) in [5, 5.41) is 10.2. The molecule has 1 aliphatic rings. The van der Waals surface area contributed by atoms with Gasteiger partial charge in [0.1, 0.15) is 17.1 Å². The van der Waals surface area contributed by atoms with E-state index in [-0.39, 0.29) is 17.1 Å². The van der Waals surface area contributed by atoms with Gasteiger partial charge in [-0.3, -0.25) is 4.79 Å². The zero-order valence-corrected chi connectivity index (χ0v) is 13.1. The summed E-state index contributed by atoms with van der Waals surface area (Å²) in [6, 6.07) is 3.38. The number of aromatic hydroxyl groups is 1. The van der Waals surface area contributed by atoms with Crippen molar-refractivity contribution in [3.8, 4) is 11.5 Å². The third-order valence-corrected chi connectivity index (χ3v) is 3.70. The third kappa shape index (κ3) is 3.35. The highest BCUT2D eigenvalue weighted by Gasteiger charge is 2.28. The molecule has 1 unspecified atom stereocenters. The molecular weight excluding hydrogens is 264 g/mol. The molecule has 0 fully saturated rings. The van der Waals surface area contributed by atoms with E-state index in [9.17, 15) is 9.90 Å². The molecule has 3 heteroatoms. The van der Waals surface area contributed by atoms with Gasteiger partial charge in [-0.05, 0) is 64.8 Å². The number of ketones is 1. The first-order valence-electron chi connectivity index (χ1n) is 7.21. The highest BCUT2D eigenvalue weighted by atomic mass is 16.5. The Balaban J connectivity index is 2.25. The number of carbonyl (C=O) groups excluding carboxylic acids is 1. The summed E-state index contributed by atoms with van der Waals surface area (Å²) in [7, 11) is 0. The normalized spacial score (nSPS) is 19.6. The molecule has 1 heterocycles. The molecule has 1 N–H and O–H groups in total. The quantitative estimate of drug-likeness (QED) is 0.654. The number of phenols is 1. The van der Waals surface area contributed by atoms with E-state index in [2.05, 4.69) is 19.9 Å². The minimum atomic E-state index is -0.386. The number of benzene rings is 1. The summed E-state index contributed by atoms with van der Waals surface area (Å²) in [6.07, 6.45) is 7.80. The molecule has 0 radical (unpaired) electrons. The molecule has 0 saturated carbocycles. The Labute approximate surface area is 125 Å². The Morgan fingerprint density at radius 1 is 1.33 bits per heavy atom. The largest absolute Gasteiger partial charge is 0.506 e. The smallest absolute Gasteiger partial charge is 0.163 e. The van der Waals surface area contributed by atoms with Gasteiger partial charge in [-0.1, -0.05) is 11.6 Å². The molecule has 0 aromatic heterocycles. The van der Waals surface area contributed by atoms with Gasteiger partial charge in [-0.2, -0.15) is 0 Å². The second kappa shape index (κ2) is 5.76. The molecule has 0 amide bonds. The second-order valence-corrected chi connectivity index (χ2v) is 6.00. The molecule has 0 bridgehead atoms.